The van der Waals surface area contributed by atoms with Gasteiger partial charge < -0.3 is 11.1 Å². The normalized spacial score (nSPS) is 10.4. The van der Waals surface area contributed by atoms with Gasteiger partial charge in [0.15, 0.2) is 0 Å². The predicted octanol–water partition coefficient (Wildman–Crippen LogP) is 2.81. The van der Waals surface area contributed by atoms with Crippen molar-refractivity contribution in [2.45, 2.75) is 19.9 Å². The van der Waals surface area contributed by atoms with Gasteiger partial charge in [0.1, 0.15) is 5.82 Å². The number of nitrogens with one attached hydrogen (secondary N) is 1. The van der Waals surface area contributed by atoms with E-state index in [0.29, 0.717) is 12.4 Å². The van der Waals surface area contributed by atoms with Gasteiger partial charge in [-0.2, -0.15) is 0 Å². The molecule has 0 saturated heterocycles. The topological polar surface area (TPSA) is 94.1 Å². The molecule has 0 amide bonds. The van der Waals surface area contributed by atoms with E-state index >= 15 is 0 Å². The van der Waals surface area contributed by atoms with Crippen LogP contribution < -0.4 is 11.1 Å². The molecule has 100 valence electrons. The van der Waals surface area contributed by atoms with Crippen LogP contribution in [0.25, 0.3) is 0 Å². The number of anilines is 2. The molecule has 3 N–H and O–H groups in total. The van der Waals surface area contributed by atoms with Crippen molar-refractivity contribution < 1.29 is 4.92 Å². The summed E-state index contributed by atoms with van der Waals surface area (Å²) in [5.74, 6) is 0.468. The van der Waals surface area contributed by atoms with Crippen LogP contribution in [0.1, 0.15) is 17.4 Å². The van der Waals surface area contributed by atoms with Gasteiger partial charge in [-0.05, 0) is 29.5 Å². The SMILES string of the molecule is CCc1ccsc1CNc1ccc([N+](=O)[O-])c(N)n1. The lowest BCUT2D eigenvalue weighted by Gasteiger charge is -2.06. The third-order valence-corrected chi connectivity index (χ3v) is 3.71. The maximum atomic E-state index is 10.6. The molecule has 7 heteroatoms. The summed E-state index contributed by atoms with van der Waals surface area (Å²) in [6, 6.07) is 5.02. The van der Waals surface area contributed by atoms with Crippen LogP contribution in [-0.2, 0) is 13.0 Å². The number of nitrogens with zero attached hydrogens (tertiary/aromatic N) is 2. The summed E-state index contributed by atoms with van der Waals surface area (Å²) in [4.78, 5) is 15.3. The van der Waals surface area contributed by atoms with Gasteiger partial charge in [0.05, 0.1) is 11.5 Å². The summed E-state index contributed by atoms with van der Waals surface area (Å²) in [6.45, 7) is 2.75. The van der Waals surface area contributed by atoms with Crippen LogP contribution in [0.5, 0.6) is 0 Å². The van der Waals surface area contributed by atoms with Crippen LogP contribution in [0.4, 0.5) is 17.3 Å². The third kappa shape index (κ3) is 3.00. The molecule has 6 nitrogen and oxygen atoms in total. The first kappa shape index (κ1) is 13.3. The highest BCUT2D eigenvalue weighted by atomic mass is 32.1. The molecule has 0 spiro atoms. The molecule has 0 aliphatic rings. The highest BCUT2D eigenvalue weighted by Crippen LogP contribution is 2.22. The summed E-state index contributed by atoms with van der Waals surface area (Å²) in [6.07, 6.45) is 0.982. The molecule has 0 aliphatic heterocycles. The van der Waals surface area contributed by atoms with Gasteiger partial charge in [0.2, 0.25) is 5.82 Å². The van der Waals surface area contributed by atoms with E-state index in [9.17, 15) is 10.1 Å². The van der Waals surface area contributed by atoms with Crippen LogP contribution in [0.15, 0.2) is 23.6 Å². The number of aryl methyl sites for hydroxylation is 1. The minimum absolute atomic E-state index is 0.0723. The summed E-state index contributed by atoms with van der Waals surface area (Å²) < 4.78 is 0. The van der Waals surface area contributed by atoms with Crippen molar-refractivity contribution in [1.29, 1.82) is 0 Å². The number of aromatic nitrogens is 1. The zero-order valence-electron chi connectivity index (χ0n) is 10.4. The quantitative estimate of drug-likeness (QED) is 0.648. The Morgan fingerprint density at radius 2 is 2.26 bits per heavy atom. The van der Waals surface area contributed by atoms with Crippen molar-refractivity contribution in [3.63, 3.8) is 0 Å². The maximum Gasteiger partial charge on any atom is 0.311 e. The lowest BCUT2D eigenvalue weighted by molar-refractivity contribution is -0.384. The summed E-state index contributed by atoms with van der Waals surface area (Å²) >= 11 is 1.68. The summed E-state index contributed by atoms with van der Waals surface area (Å²) in [5, 5.41) is 15.8. The van der Waals surface area contributed by atoms with Gasteiger partial charge in [0, 0.05) is 10.9 Å². The first-order valence-corrected chi connectivity index (χ1v) is 6.69. The Morgan fingerprint density at radius 3 is 2.89 bits per heavy atom. The number of nitro groups is 1. The number of hydrogen-bond acceptors (Lipinski definition) is 6. The van der Waals surface area contributed by atoms with Crippen molar-refractivity contribution in [1.82, 2.24) is 4.98 Å². The standard InChI is InChI=1S/C12H14N4O2S/c1-2-8-5-6-19-10(8)7-14-11-4-3-9(16(17)18)12(13)15-11/h3-6H,2,7H2,1H3,(H3,13,14,15). The van der Waals surface area contributed by atoms with E-state index in [-0.39, 0.29) is 11.5 Å². The molecular weight excluding hydrogens is 264 g/mol. The number of nitrogens with two attached hydrogens (primary N) is 1. The number of hydrogen-bond donors (Lipinski definition) is 2. The van der Waals surface area contributed by atoms with E-state index in [0.717, 1.165) is 6.42 Å². The lowest BCUT2D eigenvalue weighted by Crippen LogP contribution is -2.05. The zero-order chi connectivity index (χ0) is 13.8. The van der Waals surface area contributed by atoms with Crippen molar-refractivity contribution in [3.8, 4) is 0 Å². The molecular formula is C12H14N4O2S. The molecule has 2 rings (SSSR count). The predicted molar refractivity (Wildman–Crippen MR) is 76.3 cm³/mol. The van der Waals surface area contributed by atoms with E-state index in [2.05, 4.69) is 23.3 Å². The third-order valence-electron chi connectivity index (χ3n) is 2.75. The van der Waals surface area contributed by atoms with Crippen LogP contribution in [0.3, 0.4) is 0 Å². The molecule has 2 aromatic heterocycles. The van der Waals surface area contributed by atoms with Crippen LogP contribution >= 0.6 is 11.3 Å². The number of rotatable bonds is 5. The second-order valence-electron chi connectivity index (χ2n) is 3.93. The number of pyridine rings is 1. The fourth-order valence-electron chi connectivity index (χ4n) is 1.73. The maximum absolute atomic E-state index is 10.6. The summed E-state index contributed by atoms with van der Waals surface area (Å²) in [5.41, 5.74) is 6.67. The van der Waals surface area contributed by atoms with Gasteiger partial charge in [-0.1, -0.05) is 6.92 Å². The fourth-order valence-corrected chi connectivity index (χ4v) is 2.64. The highest BCUT2D eigenvalue weighted by molar-refractivity contribution is 7.10. The van der Waals surface area contributed by atoms with Crippen LogP contribution in [0.2, 0.25) is 0 Å². The lowest BCUT2D eigenvalue weighted by atomic mass is 10.2. The van der Waals surface area contributed by atoms with Gasteiger partial charge in [-0.25, -0.2) is 4.98 Å². The molecule has 2 heterocycles. The van der Waals surface area contributed by atoms with Crippen LogP contribution in [0, 0.1) is 10.1 Å². The molecule has 0 bridgehead atoms. The van der Waals surface area contributed by atoms with Gasteiger partial charge in [0.25, 0.3) is 0 Å². The van der Waals surface area contributed by atoms with E-state index in [1.807, 2.05) is 5.38 Å². The van der Waals surface area contributed by atoms with E-state index in [1.165, 1.54) is 16.5 Å². The Labute approximate surface area is 114 Å². The fraction of sp³-hybridized carbons (Fsp3) is 0.250. The number of thiophene rings is 1. The Balaban J connectivity index is 2.08. The van der Waals surface area contributed by atoms with Gasteiger partial charge in [-0.3, -0.25) is 10.1 Å². The molecule has 0 aliphatic carbocycles. The average Bonchev–Trinajstić information content (AvgIpc) is 2.83. The molecule has 19 heavy (non-hydrogen) atoms. The van der Waals surface area contributed by atoms with E-state index in [1.54, 1.807) is 17.4 Å². The van der Waals surface area contributed by atoms with E-state index in [4.69, 9.17) is 5.73 Å². The monoisotopic (exact) mass is 278 g/mol. The molecule has 0 fully saturated rings. The second kappa shape index (κ2) is 5.66. The first-order chi connectivity index (χ1) is 9.11. The average molecular weight is 278 g/mol. The van der Waals surface area contributed by atoms with E-state index < -0.39 is 4.92 Å². The van der Waals surface area contributed by atoms with Crippen molar-refractivity contribution in [2.75, 3.05) is 11.1 Å². The van der Waals surface area contributed by atoms with Crippen molar-refractivity contribution >= 4 is 28.7 Å². The molecule has 0 saturated carbocycles. The van der Waals surface area contributed by atoms with Crippen molar-refractivity contribution in [2.24, 2.45) is 0 Å². The summed E-state index contributed by atoms with van der Waals surface area (Å²) in [7, 11) is 0. The highest BCUT2D eigenvalue weighted by Gasteiger charge is 2.12. The van der Waals surface area contributed by atoms with Gasteiger partial charge >= 0.3 is 5.69 Å². The molecule has 0 radical (unpaired) electrons. The Morgan fingerprint density at radius 1 is 1.47 bits per heavy atom. The first-order valence-electron chi connectivity index (χ1n) is 5.81. The molecule has 0 unspecified atom stereocenters. The van der Waals surface area contributed by atoms with Crippen LogP contribution in [-0.4, -0.2) is 9.91 Å². The minimum atomic E-state index is -0.541. The number of nitrogen functional groups attached to an aromatic ring is 1. The Bertz CT molecular complexity index is 597. The molecule has 2 aromatic rings. The molecule has 0 aromatic carbocycles. The minimum Gasteiger partial charge on any atom is -0.378 e. The zero-order valence-corrected chi connectivity index (χ0v) is 11.2. The van der Waals surface area contributed by atoms with Crippen molar-refractivity contribution in [3.05, 3.63) is 44.1 Å². The smallest absolute Gasteiger partial charge is 0.311 e. The molecule has 0 atom stereocenters. The van der Waals surface area contributed by atoms with Gasteiger partial charge in [-0.15, -0.1) is 11.3 Å². The Kier molecular flexibility index (Phi) is 3.96. The largest absolute Gasteiger partial charge is 0.378 e. The Hall–Kier alpha value is -2.15. The second-order valence-corrected chi connectivity index (χ2v) is 4.93.